The molecule has 16 heavy (non-hydrogen) atoms. The van der Waals surface area contributed by atoms with Gasteiger partial charge in [0.1, 0.15) is 0 Å². The van der Waals surface area contributed by atoms with Gasteiger partial charge in [-0.15, -0.1) is 0 Å². The third-order valence-electron chi connectivity index (χ3n) is 2.29. The molecule has 1 aromatic carbocycles. The first kappa shape index (κ1) is 12.6. The van der Waals surface area contributed by atoms with E-state index in [0.717, 1.165) is 18.9 Å². The van der Waals surface area contributed by atoms with Crippen molar-refractivity contribution in [3.63, 3.8) is 0 Å². The Morgan fingerprint density at radius 1 is 1.38 bits per heavy atom. The predicted molar refractivity (Wildman–Crippen MR) is 56.8 cm³/mol. The van der Waals surface area contributed by atoms with Crippen molar-refractivity contribution in [1.29, 1.82) is 0 Å². The Morgan fingerprint density at radius 2 is 2.06 bits per heavy atom. The van der Waals surface area contributed by atoms with Crippen molar-refractivity contribution in [3.8, 4) is 5.75 Å². The molecule has 88 valence electrons. The standard InChI is InChI=1S/C12H14F2O2/c1-3-4-5-10(15)8-6-9(13)12(14)11(7-8)16-2/h6-7H,3-5H2,1-2H3. The van der Waals surface area contributed by atoms with Gasteiger partial charge in [0.05, 0.1) is 7.11 Å². The SMILES string of the molecule is CCCCC(=O)c1cc(F)c(F)c(OC)c1. The fourth-order valence-electron chi connectivity index (χ4n) is 1.36. The topological polar surface area (TPSA) is 26.3 Å². The maximum Gasteiger partial charge on any atom is 0.200 e. The van der Waals surface area contributed by atoms with E-state index in [4.69, 9.17) is 0 Å². The van der Waals surface area contributed by atoms with E-state index in [-0.39, 0.29) is 17.1 Å². The number of carbonyl (C=O) groups excluding carboxylic acids is 1. The van der Waals surface area contributed by atoms with E-state index in [1.54, 1.807) is 0 Å². The van der Waals surface area contributed by atoms with E-state index >= 15 is 0 Å². The van der Waals surface area contributed by atoms with Gasteiger partial charge in [-0.25, -0.2) is 4.39 Å². The predicted octanol–water partition coefficient (Wildman–Crippen LogP) is 3.35. The fourth-order valence-corrected chi connectivity index (χ4v) is 1.36. The highest BCUT2D eigenvalue weighted by Gasteiger charge is 2.14. The number of halogens is 2. The van der Waals surface area contributed by atoms with Crippen LogP contribution in [0.4, 0.5) is 8.78 Å². The second-order valence-electron chi connectivity index (χ2n) is 3.50. The van der Waals surface area contributed by atoms with Crippen LogP contribution in [-0.2, 0) is 0 Å². The Labute approximate surface area is 93.2 Å². The van der Waals surface area contributed by atoms with Gasteiger partial charge in [0, 0.05) is 12.0 Å². The summed E-state index contributed by atoms with van der Waals surface area (Å²) in [6, 6.07) is 2.15. The van der Waals surface area contributed by atoms with Gasteiger partial charge in [-0.2, -0.15) is 4.39 Å². The molecule has 0 atom stereocenters. The molecule has 0 heterocycles. The van der Waals surface area contributed by atoms with Crippen LogP contribution >= 0.6 is 0 Å². The zero-order valence-corrected chi connectivity index (χ0v) is 9.35. The number of unbranched alkanes of at least 4 members (excludes halogenated alkanes) is 1. The molecule has 1 rings (SSSR count). The summed E-state index contributed by atoms with van der Waals surface area (Å²) in [6.07, 6.45) is 1.96. The summed E-state index contributed by atoms with van der Waals surface area (Å²) < 4.78 is 30.8. The molecule has 0 aromatic heterocycles. The Hall–Kier alpha value is -1.45. The molecule has 1 aromatic rings. The van der Waals surface area contributed by atoms with Crippen molar-refractivity contribution in [2.75, 3.05) is 7.11 Å². The molecule has 0 spiro atoms. The number of hydrogen-bond acceptors (Lipinski definition) is 2. The highest BCUT2D eigenvalue weighted by atomic mass is 19.2. The fraction of sp³-hybridized carbons (Fsp3) is 0.417. The maximum absolute atomic E-state index is 13.1. The van der Waals surface area contributed by atoms with E-state index in [1.807, 2.05) is 6.92 Å². The number of hydrogen-bond donors (Lipinski definition) is 0. The molecule has 0 saturated heterocycles. The number of rotatable bonds is 5. The quantitative estimate of drug-likeness (QED) is 0.722. The second kappa shape index (κ2) is 5.58. The molecule has 0 aliphatic carbocycles. The summed E-state index contributed by atoms with van der Waals surface area (Å²) in [5, 5.41) is 0. The van der Waals surface area contributed by atoms with Crippen molar-refractivity contribution in [3.05, 3.63) is 29.3 Å². The lowest BCUT2D eigenvalue weighted by Crippen LogP contribution is -2.02. The molecule has 0 bridgehead atoms. The first-order valence-corrected chi connectivity index (χ1v) is 5.16. The number of carbonyl (C=O) groups is 1. The molecule has 0 amide bonds. The van der Waals surface area contributed by atoms with E-state index in [1.165, 1.54) is 13.2 Å². The maximum atomic E-state index is 13.1. The van der Waals surface area contributed by atoms with Crippen LogP contribution in [0.1, 0.15) is 36.5 Å². The molecule has 4 heteroatoms. The van der Waals surface area contributed by atoms with Gasteiger partial charge >= 0.3 is 0 Å². The van der Waals surface area contributed by atoms with Gasteiger partial charge in [0.25, 0.3) is 0 Å². The summed E-state index contributed by atoms with van der Waals surface area (Å²) >= 11 is 0. The van der Waals surface area contributed by atoms with Gasteiger partial charge < -0.3 is 4.74 Å². The van der Waals surface area contributed by atoms with Crippen LogP contribution in [0.2, 0.25) is 0 Å². The lowest BCUT2D eigenvalue weighted by molar-refractivity contribution is 0.0979. The summed E-state index contributed by atoms with van der Waals surface area (Å²) in [4.78, 5) is 11.6. The number of ether oxygens (including phenoxy) is 1. The largest absolute Gasteiger partial charge is 0.494 e. The average Bonchev–Trinajstić information content (AvgIpc) is 2.29. The van der Waals surface area contributed by atoms with Crippen LogP contribution in [0.3, 0.4) is 0 Å². The second-order valence-corrected chi connectivity index (χ2v) is 3.50. The zero-order chi connectivity index (χ0) is 12.1. The van der Waals surface area contributed by atoms with Crippen LogP contribution in [0.15, 0.2) is 12.1 Å². The van der Waals surface area contributed by atoms with Crippen molar-refractivity contribution in [2.24, 2.45) is 0 Å². The van der Waals surface area contributed by atoms with E-state index in [2.05, 4.69) is 4.74 Å². The number of Topliss-reactive ketones (excluding diaryl/α,β-unsaturated/α-hetero) is 1. The van der Waals surface area contributed by atoms with E-state index in [0.29, 0.717) is 6.42 Å². The Kier molecular flexibility index (Phi) is 4.40. The number of benzene rings is 1. The molecular weight excluding hydrogens is 214 g/mol. The molecule has 0 saturated carbocycles. The molecular formula is C12H14F2O2. The minimum Gasteiger partial charge on any atom is -0.494 e. The van der Waals surface area contributed by atoms with Gasteiger partial charge in [0.2, 0.25) is 5.82 Å². The molecule has 0 N–H and O–H groups in total. The molecule has 0 unspecified atom stereocenters. The third-order valence-corrected chi connectivity index (χ3v) is 2.29. The minimum atomic E-state index is -1.06. The highest BCUT2D eigenvalue weighted by Crippen LogP contribution is 2.22. The lowest BCUT2D eigenvalue weighted by Gasteiger charge is -2.06. The van der Waals surface area contributed by atoms with Gasteiger partial charge in [-0.05, 0) is 18.6 Å². The first-order valence-electron chi connectivity index (χ1n) is 5.16. The van der Waals surface area contributed by atoms with E-state index < -0.39 is 11.6 Å². The zero-order valence-electron chi connectivity index (χ0n) is 9.35. The summed E-state index contributed by atoms with van der Waals surface area (Å²) in [5.41, 5.74) is 0.157. The van der Waals surface area contributed by atoms with Crippen LogP contribution in [0, 0.1) is 11.6 Å². The van der Waals surface area contributed by atoms with Gasteiger partial charge in [-0.3, -0.25) is 4.79 Å². The summed E-state index contributed by atoms with van der Waals surface area (Å²) in [5.74, 6) is -2.55. The smallest absolute Gasteiger partial charge is 0.200 e. The van der Waals surface area contributed by atoms with Crippen molar-refractivity contribution >= 4 is 5.78 Å². The summed E-state index contributed by atoms with van der Waals surface area (Å²) in [7, 11) is 1.23. The number of ketones is 1. The van der Waals surface area contributed by atoms with Gasteiger partial charge in [-0.1, -0.05) is 13.3 Å². The lowest BCUT2D eigenvalue weighted by atomic mass is 10.1. The van der Waals surface area contributed by atoms with Crippen molar-refractivity contribution in [2.45, 2.75) is 26.2 Å². The van der Waals surface area contributed by atoms with Crippen LogP contribution in [-0.4, -0.2) is 12.9 Å². The molecule has 0 aliphatic rings. The van der Waals surface area contributed by atoms with Crippen LogP contribution < -0.4 is 4.74 Å². The third kappa shape index (κ3) is 2.78. The van der Waals surface area contributed by atoms with Gasteiger partial charge in [0.15, 0.2) is 17.3 Å². The number of methoxy groups -OCH3 is 1. The summed E-state index contributed by atoms with van der Waals surface area (Å²) in [6.45, 7) is 1.96. The molecule has 0 radical (unpaired) electrons. The first-order chi connectivity index (χ1) is 7.60. The normalized spacial score (nSPS) is 10.2. The van der Waals surface area contributed by atoms with Crippen LogP contribution in [0.5, 0.6) is 5.75 Å². The monoisotopic (exact) mass is 228 g/mol. The molecule has 0 fully saturated rings. The average molecular weight is 228 g/mol. The van der Waals surface area contributed by atoms with E-state index in [9.17, 15) is 13.6 Å². The molecule has 2 nitrogen and oxygen atoms in total. The molecule has 0 aliphatic heterocycles. The Morgan fingerprint density at radius 3 is 2.62 bits per heavy atom. The minimum absolute atomic E-state index is 0.157. The Bertz CT molecular complexity index is 389. The highest BCUT2D eigenvalue weighted by molar-refractivity contribution is 5.96. The van der Waals surface area contributed by atoms with Crippen molar-refractivity contribution in [1.82, 2.24) is 0 Å². The van der Waals surface area contributed by atoms with Crippen LogP contribution in [0.25, 0.3) is 0 Å². The Balaban J connectivity index is 2.97. The van der Waals surface area contributed by atoms with Crippen molar-refractivity contribution < 1.29 is 18.3 Å².